The maximum atomic E-state index is 13.8. The lowest BCUT2D eigenvalue weighted by atomic mass is 9.86. The monoisotopic (exact) mass is 326 g/mol. The molecule has 0 aliphatic heterocycles. The second kappa shape index (κ2) is 7.73. The lowest BCUT2D eigenvalue weighted by Gasteiger charge is -2.31. The van der Waals surface area contributed by atoms with Gasteiger partial charge in [0.15, 0.2) is 11.6 Å². The van der Waals surface area contributed by atoms with Gasteiger partial charge in [-0.1, -0.05) is 25.0 Å². The van der Waals surface area contributed by atoms with Crippen LogP contribution in [0.4, 0.5) is 13.6 Å². The highest BCUT2D eigenvalue weighted by molar-refractivity contribution is 5.74. The number of nitrogens with one attached hydrogen (secondary N) is 1. The average molecular weight is 326 g/mol. The van der Waals surface area contributed by atoms with Crippen LogP contribution in [0.2, 0.25) is 0 Å². The highest BCUT2D eigenvalue weighted by Crippen LogP contribution is 2.25. The van der Waals surface area contributed by atoms with Crippen LogP contribution < -0.4 is 5.32 Å². The van der Waals surface area contributed by atoms with Gasteiger partial charge in [0.25, 0.3) is 0 Å². The Kier molecular flexibility index (Phi) is 5.93. The Bertz CT molecular complexity index is 553. The molecule has 1 aromatic carbocycles. The summed E-state index contributed by atoms with van der Waals surface area (Å²) >= 11 is 0. The maximum Gasteiger partial charge on any atom is 0.317 e. The quantitative estimate of drug-likeness (QED) is 0.892. The minimum atomic E-state index is -0.939. The third-order valence-electron chi connectivity index (χ3n) is 4.51. The Hall–Kier alpha value is -1.69. The molecule has 0 spiro atoms. The van der Waals surface area contributed by atoms with E-state index in [2.05, 4.69) is 5.32 Å². The number of amides is 2. The lowest BCUT2D eigenvalue weighted by Crippen LogP contribution is -2.43. The molecule has 6 heteroatoms. The van der Waals surface area contributed by atoms with Crippen molar-refractivity contribution in [1.82, 2.24) is 10.2 Å². The van der Waals surface area contributed by atoms with Crippen molar-refractivity contribution in [3.63, 3.8) is 0 Å². The van der Waals surface area contributed by atoms with Crippen molar-refractivity contribution in [2.45, 2.75) is 44.8 Å². The van der Waals surface area contributed by atoms with Gasteiger partial charge >= 0.3 is 6.03 Å². The number of carbonyl (C=O) groups excluding carboxylic acids is 1. The summed E-state index contributed by atoms with van der Waals surface area (Å²) < 4.78 is 27.0. The van der Waals surface area contributed by atoms with Crippen LogP contribution in [0.3, 0.4) is 0 Å². The fourth-order valence-corrected chi connectivity index (χ4v) is 3.06. The van der Waals surface area contributed by atoms with Crippen LogP contribution >= 0.6 is 0 Å². The maximum absolute atomic E-state index is 13.8. The second-order valence-corrected chi connectivity index (χ2v) is 6.31. The van der Waals surface area contributed by atoms with Crippen molar-refractivity contribution in [2.75, 3.05) is 13.6 Å². The van der Waals surface area contributed by atoms with E-state index in [1.54, 1.807) is 14.0 Å². The number of aliphatic hydroxyl groups is 1. The van der Waals surface area contributed by atoms with E-state index in [1.807, 2.05) is 0 Å². The number of nitrogens with zero attached hydrogens (tertiary/aromatic N) is 1. The molecule has 3 atom stereocenters. The van der Waals surface area contributed by atoms with E-state index in [4.69, 9.17) is 0 Å². The van der Waals surface area contributed by atoms with Gasteiger partial charge in [0.2, 0.25) is 0 Å². The largest absolute Gasteiger partial charge is 0.393 e. The standard InChI is InChI=1S/C17H24F2N2O2/c1-11(13-7-5-8-14(18)16(13)19)20-17(23)21(2)10-12-6-3-4-9-15(12)22/h5,7-8,11-12,15,22H,3-4,6,9-10H2,1-2H3,(H,20,23). The molecular formula is C17H24F2N2O2. The first-order chi connectivity index (χ1) is 10.9. The second-order valence-electron chi connectivity index (χ2n) is 6.31. The molecule has 128 valence electrons. The molecule has 2 rings (SSSR count). The Morgan fingerprint density at radius 3 is 2.78 bits per heavy atom. The number of hydrogen-bond acceptors (Lipinski definition) is 2. The third-order valence-corrected chi connectivity index (χ3v) is 4.51. The molecule has 1 fully saturated rings. The summed E-state index contributed by atoms with van der Waals surface area (Å²) in [6.45, 7) is 2.06. The van der Waals surface area contributed by atoms with Gasteiger partial charge in [0, 0.05) is 25.1 Å². The third kappa shape index (κ3) is 4.41. The predicted molar refractivity (Wildman–Crippen MR) is 83.9 cm³/mol. The van der Waals surface area contributed by atoms with E-state index >= 15 is 0 Å². The number of benzene rings is 1. The number of halogens is 2. The lowest BCUT2D eigenvalue weighted by molar-refractivity contribution is 0.0563. The molecule has 0 radical (unpaired) electrons. The number of urea groups is 1. The zero-order valence-corrected chi connectivity index (χ0v) is 13.6. The Balaban J connectivity index is 1.93. The zero-order valence-electron chi connectivity index (χ0n) is 13.6. The summed E-state index contributed by atoms with van der Waals surface area (Å²) in [4.78, 5) is 13.7. The zero-order chi connectivity index (χ0) is 17.0. The number of rotatable bonds is 4. The highest BCUT2D eigenvalue weighted by atomic mass is 19.2. The summed E-state index contributed by atoms with van der Waals surface area (Å²) in [5, 5.41) is 12.6. The molecule has 4 nitrogen and oxygen atoms in total. The van der Waals surface area contributed by atoms with Gasteiger partial charge in [-0.05, 0) is 25.8 Å². The Morgan fingerprint density at radius 2 is 2.09 bits per heavy atom. The smallest absolute Gasteiger partial charge is 0.317 e. The van der Waals surface area contributed by atoms with Gasteiger partial charge in [-0.25, -0.2) is 13.6 Å². The molecule has 23 heavy (non-hydrogen) atoms. The summed E-state index contributed by atoms with van der Waals surface area (Å²) in [7, 11) is 1.64. The summed E-state index contributed by atoms with van der Waals surface area (Å²) in [6, 6.07) is 2.91. The van der Waals surface area contributed by atoms with Crippen molar-refractivity contribution in [3.05, 3.63) is 35.4 Å². The van der Waals surface area contributed by atoms with Crippen molar-refractivity contribution in [2.24, 2.45) is 5.92 Å². The minimum absolute atomic E-state index is 0.0701. The summed E-state index contributed by atoms with van der Waals surface area (Å²) in [5.74, 6) is -1.80. The van der Waals surface area contributed by atoms with E-state index in [0.717, 1.165) is 31.7 Å². The van der Waals surface area contributed by atoms with Crippen molar-refractivity contribution in [3.8, 4) is 0 Å². The van der Waals surface area contributed by atoms with Crippen LogP contribution in [-0.4, -0.2) is 35.7 Å². The van der Waals surface area contributed by atoms with Crippen LogP contribution in [0, 0.1) is 17.6 Å². The topological polar surface area (TPSA) is 52.6 Å². The van der Waals surface area contributed by atoms with Crippen LogP contribution in [0.1, 0.15) is 44.2 Å². The molecule has 0 bridgehead atoms. The van der Waals surface area contributed by atoms with E-state index in [0.29, 0.717) is 6.54 Å². The summed E-state index contributed by atoms with van der Waals surface area (Å²) in [5.41, 5.74) is 0.115. The van der Waals surface area contributed by atoms with Crippen molar-refractivity contribution >= 4 is 6.03 Å². The van der Waals surface area contributed by atoms with E-state index in [1.165, 1.54) is 17.0 Å². The van der Waals surface area contributed by atoms with Gasteiger partial charge in [-0.15, -0.1) is 0 Å². The van der Waals surface area contributed by atoms with Gasteiger partial charge in [0.1, 0.15) is 0 Å². The fourth-order valence-electron chi connectivity index (χ4n) is 3.06. The van der Waals surface area contributed by atoms with Crippen molar-refractivity contribution in [1.29, 1.82) is 0 Å². The van der Waals surface area contributed by atoms with Crippen LogP contribution in [0.25, 0.3) is 0 Å². The molecule has 1 aromatic rings. The Labute approximate surface area is 135 Å². The molecular weight excluding hydrogens is 302 g/mol. The number of hydrogen-bond donors (Lipinski definition) is 2. The number of carbonyl (C=O) groups is 1. The van der Waals surface area contributed by atoms with E-state index < -0.39 is 17.7 Å². The normalized spacial score (nSPS) is 22.5. The van der Waals surface area contributed by atoms with Gasteiger partial charge in [0.05, 0.1) is 12.1 Å². The van der Waals surface area contributed by atoms with E-state index in [-0.39, 0.29) is 23.6 Å². The minimum Gasteiger partial charge on any atom is -0.393 e. The van der Waals surface area contributed by atoms with Crippen LogP contribution in [0.15, 0.2) is 18.2 Å². The SMILES string of the molecule is CC(NC(=O)N(C)CC1CCCCC1O)c1cccc(F)c1F. The summed E-state index contributed by atoms with van der Waals surface area (Å²) in [6.07, 6.45) is 3.36. The molecule has 1 aliphatic carbocycles. The van der Waals surface area contributed by atoms with Crippen LogP contribution in [0.5, 0.6) is 0 Å². The first kappa shape index (κ1) is 17.7. The first-order valence-corrected chi connectivity index (χ1v) is 8.03. The molecule has 3 unspecified atom stereocenters. The predicted octanol–water partition coefficient (Wildman–Crippen LogP) is 3.22. The average Bonchev–Trinajstić information content (AvgIpc) is 2.52. The number of aliphatic hydroxyl groups excluding tert-OH is 1. The van der Waals surface area contributed by atoms with E-state index in [9.17, 15) is 18.7 Å². The van der Waals surface area contributed by atoms with Gasteiger partial charge < -0.3 is 15.3 Å². The van der Waals surface area contributed by atoms with Gasteiger partial charge in [-0.3, -0.25) is 0 Å². The molecule has 0 saturated heterocycles. The highest BCUT2D eigenvalue weighted by Gasteiger charge is 2.26. The molecule has 1 saturated carbocycles. The molecule has 0 heterocycles. The Morgan fingerprint density at radius 1 is 1.39 bits per heavy atom. The molecule has 2 N–H and O–H groups in total. The first-order valence-electron chi connectivity index (χ1n) is 8.03. The van der Waals surface area contributed by atoms with Crippen LogP contribution in [-0.2, 0) is 0 Å². The molecule has 1 aliphatic rings. The molecule has 0 aromatic heterocycles. The molecule has 2 amide bonds. The van der Waals surface area contributed by atoms with Gasteiger partial charge in [-0.2, -0.15) is 0 Å². The van der Waals surface area contributed by atoms with Crippen molar-refractivity contribution < 1.29 is 18.7 Å². The fraction of sp³-hybridized carbons (Fsp3) is 0.588.